The number of benzene rings is 1. The molecule has 0 aromatic heterocycles. The van der Waals surface area contributed by atoms with Crippen molar-refractivity contribution < 1.29 is 23.0 Å². The summed E-state index contributed by atoms with van der Waals surface area (Å²) in [4.78, 5) is 13.8. The van der Waals surface area contributed by atoms with Crippen molar-refractivity contribution in [2.24, 2.45) is 5.92 Å². The molecule has 0 aliphatic carbocycles. The number of halogens is 3. The van der Waals surface area contributed by atoms with E-state index < -0.39 is 6.61 Å². The highest BCUT2D eigenvalue weighted by molar-refractivity contribution is 5.85. The molecule has 1 aromatic rings. The Morgan fingerprint density at radius 1 is 1.43 bits per heavy atom. The highest BCUT2D eigenvalue weighted by Gasteiger charge is 2.25. The van der Waals surface area contributed by atoms with Crippen LogP contribution in [0.1, 0.15) is 12.0 Å². The van der Waals surface area contributed by atoms with Gasteiger partial charge in [0.2, 0.25) is 5.91 Å². The van der Waals surface area contributed by atoms with Crippen LogP contribution in [0.25, 0.3) is 0 Å². The number of alkyl halides is 2. The lowest BCUT2D eigenvalue weighted by molar-refractivity contribution is -0.134. The van der Waals surface area contributed by atoms with Crippen molar-refractivity contribution in [3.63, 3.8) is 0 Å². The van der Waals surface area contributed by atoms with Crippen LogP contribution in [-0.2, 0) is 11.3 Å². The van der Waals surface area contributed by atoms with Crippen molar-refractivity contribution in [3.05, 3.63) is 23.8 Å². The Bertz CT molecular complexity index is 525. The zero-order valence-corrected chi connectivity index (χ0v) is 13.9. The van der Waals surface area contributed by atoms with Crippen LogP contribution in [0.5, 0.6) is 11.5 Å². The van der Waals surface area contributed by atoms with E-state index in [-0.39, 0.29) is 35.7 Å². The number of carbonyl (C=O) groups excluding carboxylic acids is 1. The number of nitrogens with zero attached hydrogens (tertiary/aromatic N) is 1. The summed E-state index contributed by atoms with van der Waals surface area (Å²) in [7, 11) is 3.09. The first kappa shape index (κ1) is 19.4. The Balaban J connectivity index is 0.00000264. The molecule has 130 valence electrons. The van der Waals surface area contributed by atoms with Gasteiger partial charge in [0.15, 0.2) is 11.5 Å². The zero-order valence-electron chi connectivity index (χ0n) is 13.1. The van der Waals surface area contributed by atoms with Crippen LogP contribution >= 0.6 is 12.4 Å². The average molecular weight is 351 g/mol. The largest absolute Gasteiger partial charge is 0.493 e. The Hall–Kier alpha value is -1.60. The summed E-state index contributed by atoms with van der Waals surface area (Å²) >= 11 is 0. The van der Waals surface area contributed by atoms with Crippen LogP contribution in [0.2, 0.25) is 0 Å². The molecule has 1 aliphatic heterocycles. The molecule has 1 aliphatic rings. The first-order valence-electron chi connectivity index (χ1n) is 7.08. The highest BCUT2D eigenvalue weighted by Crippen LogP contribution is 2.30. The SMILES string of the molecule is COc1ccc(CN(C)C(=O)C2CCNC2)cc1OC(F)F.Cl. The lowest BCUT2D eigenvalue weighted by Crippen LogP contribution is -2.33. The topological polar surface area (TPSA) is 50.8 Å². The van der Waals surface area contributed by atoms with Crippen molar-refractivity contribution in [2.45, 2.75) is 19.6 Å². The Morgan fingerprint density at radius 3 is 2.74 bits per heavy atom. The van der Waals surface area contributed by atoms with Crippen LogP contribution < -0.4 is 14.8 Å². The van der Waals surface area contributed by atoms with Gasteiger partial charge in [-0.1, -0.05) is 6.07 Å². The monoisotopic (exact) mass is 350 g/mol. The van der Waals surface area contributed by atoms with Crippen molar-refractivity contribution in [1.82, 2.24) is 10.2 Å². The summed E-state index contributed by atoms with van der Waals surface area (Å²) in [5.74, 6) is 0.244. The van der Waals surface area contributed by atoms with Crippen molar-refractivity contribution >= 4 is 18.3 Å². The van der Waals surface area contributed by atoms with E-state index in [0.717, 1.165) is 13.0 Å². The van der Waals surface area contributed by atoms with Crippen molar-refractivity contribution in [2.75, 3.05) is 27.2 Å². The van der Waals surface area contributed by atoms with Gasteiger partial charge < -0.3 is 19.7 Å². The van der Waals surface area contributed by atoms with Gasteiger partial charge in [0.1, 0.15) is 0 Å². The van der Waals surface area contributed by atoms with E-state index in [1.807, 2.05) is 0 Å². The Morgan fingerprint density at radius 2 is 2.17 bits per heavy atom. The van der Waals surface area contributed by atoms with E-state index in [0.29, 0.717) is 18.7 Å². The minimum atomic E-state index is -2.92. The summed E-state index contributed by atoms with van der Waals surface area (Å²) < 4.78 is 34.3. The van der Waals surface area contributed by atoms with Crippen LogP contribution in [0, 0.1) is 5.92 Å². The zero-order chi connectivity index (χ0) is 16.1. The second-order valence-electron chi connectivity index (χ2n) is 5.25. The maximum absolute atomic E-state index is 12.4. The molecule has 0 bridgehead atoms. The fourth-order valence-corrected chi connectivity index (χ4v) is 2.54. The van der Waals surface area contributed by atoms with E-state index in [1.165, 1.54) is 13.2 Å². The van der Waals surface area contributed by atoms with Gasteiger partial charge in [0.25, 0.3) is 0 Å². The minimum absolute atomic E-state index is 0. The van der Waals surface area contributed by atoms with Gasteiger partial charge in [0.05, 0.1) is 13.0 Å². The van der Waals surface area contributed by atoms with Gasteiger partial charge in [-0.25, -0.2) is 0 Å². The average Bonchev–Trinajstić information content (AvgIpc) is 3.00. The summed E-state index contributed by atoms with van der Waals surface area (Å²) in [6, 6.07) is 4.76. The molecule has 1 atom stereocenters. The Labute approximate surface area is 140 Å². The van der Waals surface area contributed by atoms with Crippen LogP contribution in [0.4, 0.5) is 8.78 Å². The standard InChI is InChI=1S/C15H20F2N2O3.ClH/c1-19(14(20)11-5-6-18-8-11)9-10-3-4-12(21-2)13(7-10)22-15(16)17;/h3-4,7,11,15,18H,5-6,8-9H2,1-2H3;1H. The van der Waals surface area contributed by atoms with E-state index >= 15 is 0 Å². The number of nitrogens with one attached hydrogen (secondary N) is 1. The van der Waals surface area contributed by atoms with Crippen LogP contribution in [0.15, 0.2) is 18.2 Å². The first-order chi connectivity index (χ1) is 10.5. The first-order valence-corrected chi connectivity index (χ1v) is 7.08. The minimum Gasteiger partial charge on any atom is -0.493 e. The molecule has 1 saturated heterocycles. The van der Waals surface area contributed by atoms with Crippen molar-refractivity contribution in [3.8, 4) is 11.5 Å². The number of hydrogen-bond acceptors (Lipinski definition) is 4. The molecular weight excluding hydrogens is 330 g/mol. The number of rotatable bonds is 6. The molecule has 8 heteroatoms. The number of carbonyl (C=O) groups is 1. The van der Waals surface area contributed by atoms with Gasteiger partial charge >= 0.3 is 6.61 Å². The molecule has 0 saturated carbocycles. The van der Waals surface area contributed by atoms with Gasteiger partial charge in [0, 0.05) is 20.1 Å². The molecule has 1 N–H and O–H groups in total. The van der Waals surface area contributed by atoms with Gasteiger partial charge in [-0.15, -0.1) is 12.4 Å². The highest BCUT2D eigenvalue weighted by atomic mass is 35.5. The number of ether oxygens (including phenoxy) is 2. The fraction of sp³-hybridized carbons (Fsp3) is 0.533. The number of methoxy groups -OCH3 is 1. The molecule has 0 spiro atoms. The van der Waals surface area contributed by atoms with Gasteiger partial charge in [-0.3, -0.25) is 4.79 Å². The molecule has 1 unspecified atom stereocenters. The molecule has 1 amide bonds. The van der Waals surface area contributed by atoms with Gasteiger partial charge in [-0.05, 0) is 30.7 Å². The molecule has 23 heavy (non-hydrogen) atoms. The lowest BCUT2D eigenvalue weighted by Gasteiger charge is -2.21. The third-order valence-electron chi connectivity index (χ3n) is 3.65. The van der Waals surface area contributed by atoms with E-state index in [4.69, 9.17) is 4.74 Å². The fourth-order valence-electron chi connectivity index (χ4n) is 2.54. The van der Waals surface area contributed by atoms with Crippen LogP contribution in [0.3, 0.4) is 0 Å². The lowest BCUT2D eigenvalue weighted by atomic mass is 10.1. The van der Waals surface area contributed by atoms with E-state index in [2.05, 4.69) is 10.1 Å². The summed E-state index contributed by atoms with van der Waals surface area (Å²) in [5.41, 5.74) is 0.707. The van der Waals surface area contributed by atoms with E-state index in [9.17, 15) is 13.6 Å². The predicted octanol–water partition coefficient (Wildman–Crippen LogP) is 2.29. The predicted molar refractivity (Wildman–Crippen MR) is 84.3 cm³/mol. The van der Waals surface area contributed by atoms with E-state index in [1.54, 1.807) is 24.1 Å². The molecule has 2 rings (SSSR count). The smallest absolute Gasteiger partial charge is 0.387 e. The quantitative estimate of drug-likeness (QED) is 0.855. The Kier molecular flexibility index (Phi) is 7.51. The molecule has 1 fully saturated rings. The molecule has 5 nitrogen and oxygen atoms in total. The third-order valence-corrected chi connectivity index (χ3v) is 3.65. The maximum atomic E-state index is 12.4. The number of hydrogen-bond donors (Lipinski definition) is 1. The molecule has 1 heterocycles. The maximum Gasteiger partial charge on any atom is 0.387 e. The molecule has 1 aromatic carbocycles. The second-order valence-corrected chi connectivity index (χ2v) is 5.25. The molecule has 0 radical (unpaired) electrons. The third kappa shape index (κ3) is 5.21. The molecular formula is C15H21ClF2N2O3. The van der Waals surface area contributed by atoms with Crippen LogP contribution in [-0.4, -0.2) is 44.7 Å². The summed E-state index contributed by atoms with van der Waals surface area (Å²) in [5, 5.41) is 3.15. The van der Waals surface area contributed by atoms with Crippen molar-refractivity contribution in [1.29, 1.82) is 0 Å². The van der Waals surface area contributed by atoms with Gasteiger partial charge in [-0.2, -0.15) is 8.78 Å². The summed E-state index contributed by atoms with van der Waals surface area (Å²) in [6.45, 7) is -1.06. The normalized spacial score (nSPS) is 16.8. The second kappa shape index (κ2) is 8.88. The summed E-state index contributed by atoms with van der Waals surface area (Å²) in [6.07, 6.45) is 0.825. The number of amides is 1.